The predicted octanol–water partition coefficient (Wildman–Crippen LogP) is 3.13. The van der Waals surface area contributed by atoms with Gasteiger partial charge in [-0.15, -0.1) is 0 Å². The third-order valence-electron chi connectivity index (χ3n) is 2.99. The number of benzene rings is 2. The Morgan fingerprint density at radius 1 is 1.05 bits per heavy atom. The van der Waals surface area contributed by atoms with Crippen LogP contribution in [0.3, 0.4) is 0 Å². The van der Waals surface area contributed by atoms with Gasteiger partial charge >= 0.3 is 0 Å². The maximum absolute atomic E-state index is 10.0. The van der Waals surface area contributed by atoms with E-state index >= 15 is 0 Å². The highest BCUT2D eigenvalue weighted by atomic mass is 16.3. The first kappa shape index (κ1) is 14.9. The van der Waals surface area contributed by atoms with Crippen LogP contribution in [0.1, 0.15) is 11.7 Å². The van der Waals surface area contributed by atoms with E-state index < -0.39 is 12.2 Å². The van der Waals surface area contributed by atoms with Crippen LogP contribution in [-0.4, -0.2) is 22.9 Å². The van der Waals surface area contributed by atoms with Gasteiger partial charge in [0.25, 0.3) is 0 Å². The fraction of sp³-hybridized carbons (Fsp3) is 0.200. The highest BCUT2D eigenvalue weighted by Crippen LogP contribution is 2.23. The number of hydrogen-bond acceptors (Lipinski definition) is 4. The number of rotatable bonds is 6. The summed E-state index contributed by atoms with van der Waals surface area (Å²) in [4.78, 5) is 2.57. The van der Waals surface area contributed by atoms with E-state index in [1.807, 2.05) is 36.4 Å². The molecule has 108 valence electrons. The van der Waals surface area contributed by atoms with Crippen molar-refractivity contribution in [2.75, 3.05) is 11.9 Å². The third-order valence-corrected chi connectivity index (χ3v) is 2.99. The van der Waals surface area contributed by atoms with Crippen LogP contribution in [0, 0.1) is 0 Å². The summed E-state index contributed by atoms with van der Waals surface area (Å²) in [6, 6.07) is 16.7. The molecule has 2 aromatic rings. The zero-order valence-corrected chi connectivity index (χ0v) is 11.3. The number of azide groups is 1. The second kappa shape index (κ2) is 7.31. The van der Waals surface area contributed by atoms with E-state index in [0.717, 1.165) is 11.4 Å². The first-order valence-electron chi connectivity index (χ1n) is 6.49. The van der Waals surface area contributed by atoms with Crippen LogP contribution in [0.4, 0.5) is 11.4 Å². The van der Waals surface area contributed by atoms with Gasteiger partial charge in [-0.05, 0) is 35.4 Å². The van der Waals surface area contributed by atoms with Gasteiger partial charge < -0.3 is 15.5 Å². The van der Waals surface area contributed by atoms with Crippen molar-refractivity contribution in [3.8, 4) is 0 Å². The maximum atomic E-state index is 10.0. The van der Waals surface area contributed by atoms with Crippen LogP contribution in [0.2, 0.25) is 0 Å². The summed E-state index contributed by atoms with van der Waals surface area (Å²) in [5.74, 6) is 0. The second-order valence-electron chi connectivity index (χ2n) is 4.54. The van der Waals surface area contributed by atoms with Gasteiger partial charge in [0, 0.05) is 16.3 Å². The fourth-order valence-electron chi connectivity index (χ4n) is 1.93. The maximum Gasteiger partial charge on any atom is 0.105 e. The highest BCUT2D eigenvalue weighted by Gasteiger charge is 2.17. The number of aliphatic hydroxyl groups is 2. The molecule has 0 saturated carbocycles. The largest absolute Gasteiger partial charge is 0.390 e. The lowest BCUT2D eigenvalue weighted by molar-refractivity contribution is 0.0244. The van der Waals surface area contributed by atoms with Crippen molar-refractivity contribution in [1.29, 1.82) is 0 Å². The van der Waals surface area contributed by atoms with E-state index in [4.69, 9.17) is 5.53 Å². The Balaban J connectivity index is 2.11. The molecule has 0 aliphatic heterocycles. The van der Waals surface area contributed by atoms with Crippen molar-refractivity contribution < 1.29 is 10.2 Å². The predicted molar refractivity (Wildman–Crippen MR) is 81.1 cm³/mol. The molecule has 0 saturated heterocycles. The smallest absolute Gasteiger partial charge is 0.105 e. The molecule has 0 bridgehead atoms. The van der Waals surface area contributed by atoms with Gasteiger partial charge in [-0.2, -0.15) is 0 Å². The van der Waals surface area contributed by atoms with E-state index in [1.54, 1.807) is 18.2 Å². The molecule has 0 heterocycles. The molecule has 0 radical (unpaired) electrons. The van der Waals surface area contributed by atoms with E-state index in [2.05, 4.69) is 15.3 Å². The average Bonchev–Trinajstić information content (AvgIpc) is 2.53. The Labute approximate surface area is 122 Å². The Bertz CT molecular complexity index is 627. The number of anilines is 2. The van der Waals surface area contributed by atoms with Gasteiger partial charge in [-0.25, -0.2) is 0 Å². The summed E-state index contributed by atoms with van der Waals surface area (Å²) in [6.07, 6.45) is -2.24. The summed E-state index contributed by atoms with van der Waals surface area (Å²) in [5.41, 5.74) is 10.5. The molecule has 6 heteroatoms. The van der Waals surface area contributed by atoms with Crippen molar-refractivity contribution in [3.05, 3.63) is 70.6 Å². The van der Waals surface area contributed by atoms with Crippen molar-refractivity contribution >= 4 is 11.4 Å². The molecule has 2 aromatic carbocycles. The quantitative estimate of drug-likeness (QED) is 0.431. The number of aliphatic hydroxyl groups excluding tert-OH is 2. The molecule has 0 amide bonds. The van der Waals surface area contributed by atoms with Gasteiger partial charge in [0.1, 0.15) is 6.10 Å². The molecule has 2 atom stereocenters. The molecule has 21 heavy (non-hydrogen) atoms. The molecule has 0 aliphatic carbocycles. The summed E-state index contributed by atoms with van der Waals surface area (Å²) in [6.45, 7) is -0.173. The minimum Gasteiger partial charge on any atom is -0.390 e. The van der Waals surface area contributed by atoms with Gasteiger partial charge in [0.05, 0.1) is 12.6 Å². The highest BCUT2D eigenvalue weighted by molar-refractivity contribution is 5.60. The minimum absolute atomic E-state index is 0.173. The van der Waals surface area contributed by atoms with Crippen LogP contribution in [0.5, 0.6) is 0 Å². The van der Waals surface area contributed by atoms with Crippen molar-refractivity contribution in [3.63, 3.8) is 0 Å². The SMILES string of the molecule is [N-]=[N+]=NCC(O)C(O)c1cccc(Nc2ccccc2)c1. The summed E-state index contributed by atoms with van der Waals surface area (Å²) < 4.78 is 0. The van der Waals surface area contributed by atoms with Crippen LogP contribution in [0.15, 0.2) is 59.7 Å². The lowest BCUT2D eigenvalue weighted by Gasteiger charge is -2.17. The third kappa shape index (κ3) is 4.22. The number of para-hydroxylation sites is 1. The van der Waals surface area contributed by atoms with Crippen LogP contribution in [0.25, 0.3) is 10.4 Å². The van der Waals surface area contributed by atoms with E-state index in [0.29, 0.717) is 5.56 Å². The van der Waals surface area contributed by atoms with Crippen molar-refractivity contribution in [1.82, 2.24) is 0 Å². The van der Waals surface area contributed by atoms with Gasteiger partial charge in [0.15, 0.2) is 0 Å². The zero-order valence-electron chi connectivity index (χ0n) is 11.3. The van der Waals surface area contributed by atoms with E-state index in [1.165, 1.54) is 0 Å². The number of hydrogen-bond donors (Lipinski definition) is 3. The fourth-order valence-corrected chi connectivity index (χ4v) is 1.93. The van der Waals surface area contributed by atoms with Crippen LogP contribution in [-0.2, 0) is 0 Å². The molecule has 0 aliphatic rings. The second-order valence-corrected chi connectivity index (χ2v) is 4.54. The number of nitrogens with one attached hydrogen (secondary N) is 1. The lowest BCUT2D eigenvalue weighted by atomic mass is 10.0. The standard InChI is InChI=1S/C15H16N4O2/c16-19-17-10-14(20)15(21)11-5-4-8-13(9-11)18-12-6-2-1-3-7-12/h1-9,14-15,18,20-21H,10H2. The molecule has 6 nitrogen and oxygen atoms in total. The Morgan fingerprint density at radius 2 is 1.76 bits per heavy atom. The molecule has 2 unspecified atom stereocenters. The van der Waals surface area contributed by atoms with Gasteiger partial charge in [0.2, 0.25) is 0 Å². The number of nitrogens with zero attached hydrogens (tertiary/aromatic N) is 3. The Hall–Kier alpha value is -2.53. The van der Waals surface area contributed by atoms with Crippen molar-refractivity contribution in [2.24, 2.45) is 5.11 Å². The molecule has 3 N–H and O–H groups in total. The Morgan fingerprint density at radius 3 is 2.48 bits per heavy atom. The zero-order chi connectivity index (χ0) is 15.1. The summed E-state index contributed by atoms with van der Waals surface area (Å²) in [7, 11) is 0. The minimum atomic E-state index is -1.13. The first-order valence-corrected chi connectivity index (χ1v) is 6.49. The van der Waals surface area contributed by atoms with E-state index in [9.17, 15) is 10.2 Å². The average molecular weight is 284 g/mol. The lowest BCUT2D eigenvalue weighted by Crippen LogP contribution is -2.21. The van der Waals surface area contributed by atoms with Crippen molar-refractivity contribution in [2.45, 2.75) is 12.2 Å². The topological polar surface area (TPSA) is 101 Å². The molecular formula is C15H16N4O2. The molecule has 0 aromatic heterocycles. The van der Waals surface area contributed by atoms with Crippen LogP contribution < -0.4 is 5.32 Å². The van der Waals surface area contributed by atoms with E-state index in [-0.39, 0.29) is 6.54 Å². The van der Waals surface area contributed by atoms with Gasteiger partial charge in [-0.3, -0.25) is 0 Å². The Kier molecular flexibility index (Phi) is 5.17. The van der Waals surface area contributed by atoms with Gasteiger partial charge in [-0.1, -0.05) is 35.4 Å². The molecule has 0 fully saturated rings. The first-order chi connectivity index (χ1) is 10.2. The summed E-state index contributed by atoms with van der Waals surface area (Å²) in [5, 5.41) is 26.3. The monoisotopic (exact) mass is 284 g/mol. The molecule has 2 rings (SSSR count). The molecule has 0 spiro atoms. The summed E-state index contributed by atoms with van der Waals surface area (Å²) >= 11 is 0. The molecular weight excluding hydrogens is 268 g/mol. The van der Waals surface area contributed by atoms with Crippen LogP contribution >= 0.6 is 0 Å². The normalized spacial score (nSPS) is 13.0.